The molecular weight excluding hydrogens is 608 g/mol. The predicted octanol–water partition coefficient (Wildman–Crippen LogP) is 0.148. The molecule has 45 heavy (non-hydrogen) atoms. The van der Waals surface area contributed by atoms with Crippen molar-refractivity contribution >= 4 is 16.9 Å². The van der Waals surface area contributed by atoms with Crippen molar-refractivity contribution in [1.82, 2.24) is 0 Å². The van der Waals surface area contributed by atoms with E-state index in [1.807, 2.05) is 0 Å². The number of benzene rings is 3. The van der Waals surface area contributed by atoms with Crippen molar-refractivity contribution in [2.75, 3.05) is 6.61 Å². The molecule has 1 saturated heterocycles. The van der Waals surface area contributed by atoms with Crippen LogP contribution in [-0.2, 0) is 9.47 Å². The standard InChI is InChI=1S/C28H24O17/c29-10-5-11(30)18-16(6-10)43-25(8-1-12(31)19(35)13(32)2-8)26(22(18)38)45-28-24(40)23(39)21(37)17(44-28)7-42-27(41)9-3-14(33)20(36)15(34)4-9/h1-6,17,21,23-24,28-37,39-40H,7H2/t17-,21+,23?,24?,28+/m1/s1. The number of phenols is 8. The van der Waals surface area contributed by atoms with E-state index < -0.39 is 123 Å². The molecule has 0 saturated carbocycles. The Morgan fingerprint density at radius 2 is 1.31 bits per heavy atom. The fraction of sp³-hybridized carbons (Fsp3) is 0.214. The van der Waals surface area contributed by atoms with Gasteiger partial charge in [0, 0.05) is 17.7 Å². The highest BCUT2D eigenvalue weighted by atomic mass is 16.7. The smallest absolute Gasteiger partial charge is 0.338 e. The van der Waals surface area contributed by atoms with Crippen LogP contribution in [0.4, 0.5) is 0 Å². The van der Waals surface area contributed by atoms with Crippen LogP contribution in [0, 0.1) is 0 Å². The molecule has 1 aromatic heterocycles. The van der Waals surface area contributed by atoms with Crippen molar-refractivity contribution in [3.8, 4) is 63.1 Å². The van der Waals surface area contributed by atoms with E-state index >= 15 is 0 Å². The molecule has 2 heterocycles. The first kappa shape index (κ1) is 30.8. The van der Waals surface area contributed by atoms with Gasteiger partial charge in [-0.15, -0.1) is 0 Å². The van der Waals surface area contributed by atoms with E-state index in [2.05, 4.69) is 0 Å². The summed E-state index contributed by atoms with van der Waals surface area (Å²) in [5.74, 6) is -9.11. The molecule has 0 spiro atoms. The molecule has 1 fully saturated rings. The number of hydrogen-bond acceptors (Lipinski definition) is 17. The summed E-state index contributed by atoms with van der Waals surface area (Å²) in [5.41, 5.74) is -2.26. The molecule has 17 heteroatoms. The average Bonchev–Trinajstić information content (AvgIpc) is 2.98. The lowest BCUT2D eigenvalue weighted by Crippen LogP contribution is -2.60. The Bertz CT molecular complexity index is 1820. The number of phenolic OH excluding ortho intramolecular Hbond substituents is 8. The number of hydrogen-bond donors (Lipinski definition) is 11. The number of aliphatic hydroxyl groups is 3. The summed E-state index contributed by atoms with van der Waals surface area (Å²) in [6, 6.07) is 5.02. The molecule has 0 bridgehead atoms. The topological polar surface area (TPSA) is 298 Å². The maximum Gasteiger partial charge on any atom is 0.338 e. The van der Waals surface area contributed by atoms with Crippen molar-refractivity contribution in [2.24, 2.45) is 0 Å². The molecule has 1 aliphatic rings. The number of rotatable bonds is 6. The van der Waals surface area contributed by atoms with Crippen molar-refractivity contribution in [3.63, 3.8) is 0 Å². The van der Waals surface area contributed by atoms with Crippen LogP contribution in [0.5, 0.6) is 51.7 Å². The Balaban J connectivity index is 1.50. The van der Waals surface area contributed by atoms with Gasteiger partial charge in [0.15, 0.2) is 40.3 Å². The number of aliphatic hydroxyl groups excluding tert-OH is 3. The number of carbonyl (C=O) groups excluding carboxylic acids is 1. The number of aromatic hydroxyl groups is 8. The zero-order valence-corrected chi connectivity index (χ0v) is 22.4. The molecule has 3 aromatic carbocycles. The average molecular weight is 632 g/mol. The van der Waals surface area contributed by atoms with Crippen LogP contribution in [0.1, 0.15) is 10.4 Å². The van der Waals surface area contributed by atoms with E-state index in [1.54, 1.807) is 0 Å². The van der Waals surface area contributed by atoms with E-state index in [0.717, 1.165) is 36.4 Å². The molecule has 5 rings (SSSR count). The van der Waals surface area contributed by atoms with Gasteiger partial charge in [-0.3, -0.25) is 4.79 Å². The lowest BCUT2D eigenvalue weighted by Gasteiger charge is -2.39. The van der Waals surface area contributed by atoms with Gasteiger partial charge in [0.2, 0.25) is 17.5 Å². The second kappa shape index (κ2) is 11.5. The Morgan fingerprint density at radius 3 is 1.91 bits per heavy atom. The van der Waals surface area contributed by atoms with Crippen molar-refractivity contribution in [1.29, 1.82) is 0 Å². The fourth-order valence-corrected chi connectivity index (χ4v) is 4.53. The van der Waals surface area contributed by atoms with Crippen LogP contribution in [-0.4, -0.2) is 99.5 Å². The first-order valence-electron chi connectivity index (χ1n) is 12.7. The molecule has 17 nitrogen and oxygen atoms in total. The second-order valence-electron chi connectivity index (χ2n) is 9.88. The lowest BCUT2D eigenvalue weighted by molar-refractivity contribution is -0.277. The summed E-state index contributed by atoms with van der Waals surface area (Å²) in [6.45, 7) is -0.828. The van der Waals surface area contributed by atoms with Gasteiger partial charge in [-0.05, 0) is 24.3 Å². The maximum atomic E-state index is 13.6. The van der Waals surface area contributed by atoms with Crippen LogP contribution < -0.4 is 10.2 Å². The van der Waals surface area contributed by atoms with E-state index in [4.69, 9.17) is 18.6 Å². The van der Waals surface area contributed by atoms with Crippen LogP contribution in [0.15, 0.2) is 45.6 Å². The molecule has 5 atom stereocenters. The van der Waals surface area contributed by atoms with Crippen molar-refractivity contribution in [3.05, 3.63) is 52.2 Å². The SMILES string of the molecule is O=C(OC[C@H]1O[C@@H](Oc2c(-c3cc(O)c(O)c(O)c3)oc3cc(O)cc(O)c3c2=O)C(O)C(O)[C@H]1O)c1cc(O)c(O)c(O)c1. The summed E-state index contributed by atoms with van der Waals surface area (Å²) >= 11 is 0. The van der Waals surface area contributed by atoms with Crippen molar-refractivity contribution in [2.45, 2.75) is 30.7 Å². The lowest BCUT2D eigenvalue weighted by atomic mass is 9.99. The third-order valence-corrected chi connectivity index (χ3v) is 6.84. The highest BCUT2D eigenvalue weighted by molar-refractivity contribution is 5.91. The zero-order chi connectivity index (χ0) is 32.9. The quantitative estimate of drug-likeness (QED) is 0.0995. The Hall–Kier alpha value is -5.62. The maximum absolute atomic E-state index is 13.6. The molecular formula is C28H24O17. The molecule has 0 aliphatic carbocycles. The van der Waals surface area contributed by atoms with Gasteiger partial charge in [-0.25, -0.2) is 4.79 Å². The van der Waals surface area contributed by atoms with Gasteiger partial charge in [-0.1, -0.05) is 0 Å². The first-order valence-corrected chi connectivity index (χ1v) is 12.7. The van der Waals surface area contributed by atoms with Crippen LogP contribution in [0.2, 0.25) is 0 Å². The van der Waals surface area contributed by atoms with Gasteiger partial charge in [0.05, 0.1) is 5.56 Å². The van der Waals surface area contributed by atoms with Crippen LogP contribution >= 0.6 is 0 Å². The Morgan fingerprint density at radius 1 is 0.733 bits per heavy atom. The zero-order valence-electron chi connectivity index (χ0n) is 22.4. The summed E-state index contributed by atoms with van der Waals surface area (Å²) < 4.78 is 21.8. The summed E-state index contributed by atoms with van der Waals surface area (Å²) in [5, 5.41) is 110. The number of carbonyl (C=O) groups is 1. The third kappa shape index (κ3) is 5.58. The predicted molar refractivity (Wildman–Crippen MR) is 145 cm³/mol. The summed E-state index contributed by atoms with van der Waals surface area (Å²) in [6.07, 6.45) is -9.67. The minimum absolute atomic E-state index is 0.295. The van der Waals surface area contributed by atoms with E-state index in [9.17, 15) is 65.8 Å². The Kier molecular flexibility index (Phi) is 7.86. The molecule has 0 radical (unpaired) electrons. The summed E-state index contributed by atoms with van der Waals surface area (Å²) in [4.78, 5) is 26.0. The van der Waals surface area contributed by atoms with Gasteiger partial charge in [0.1, 0.15) is 53.5 Å². The largest absolute Gasteiger partial charge is 0.508 e. The van der Waals surface area contributed by atoms with Gasteiger partial charge < -0.3 is 74.8 Å². The van der Waals surface area contributed by atoms with Crippen LogP contribution in [0.25, 0.3) is 22.3 Å². The van der Waals surface area contributed by atoms with Gasteiger partial charge in [0.25, 0.3) is 0 Å². The highest BCUT2D eigenvalue weighted by Crippen LogP contribution is 2.43. The first-order chi connectivity index (χ1) is 21.2. The van der Waals surface area contributed by atoms with E-state index in [-0.39, 0.29) is 5.56 Å². The third-order valence-electron chi connectivity index (χ3n) is 6.84. The minimum Gasteiger partial charge on any atom is -0.508 e. The molecule has 2 unspecified atom stereocenters. The number of fused-ring (bicyclic) bond motifs is 1. The molecule has 0 amide bonds. The summed E-state index contributed by atoms with van der Waals surface area (Å²) in [7, 11) is 0. The van der Waals surface area contributed by atoms with Gasteiger partial charge >= 0.3 is 5.97 Å². The van der Waals surface area contributed by atoms with Gasteiger partial charge in [-0.2, -0.15) is 0 Å². The second-order valence-corrected chi connectivity index (χ2v) is 9.88. The molecule has 11 N–H and O–H groups in total. The van der Waals surface area contributed by atoms with E-state index in [1.165, 1.54) is 0 Å². The number of ether oxygens (including phenoxy) is 3. The normalized spacial score (nSPS) is 21.4. The molecule has 238 valence electrons. The fourth-order valence-electron chi connectivity index (χ4n) is 4.53. The minimum atomic E-state index is -2.07. The Labute approximate surface area is 249 Å². The highest BCUT2D eigenvalue weighted by Gasteiger charge is 2.46. The van der Waals surface area contributed by atoms with Crippen LogP contribution in [0.3, 0.4) is 0 Å². The van der Waals surface area contributed by atoms with E-state index in [0.29, 0.717) is 0 Å². The molecule has 4 aromatic rings. The molecule has 1 aliphatic heterocycles. The van der Waals surface area contributed by atoms with Crippen molar-refractivity contribution < 1.29 is 79.6 Å². The monoisotopic (exact) mass is 632 g/mol. The number of esters is 1.